The SMILES string of the molecule is COCC(C)(N)C(C)(C)C. The molecule has 2 nitrogen and oxygen atoms in total. The first-order valence-corrected chi connectivity index (χ1v) is 3.59. The zero-order chi connectivity index (χ0) is 8.41. The maximum Gasteiger partial charge on any atom is 0.0644 e. The Hall–Kier alpha value is -0.0800. The predicted molar refractivity (Wildman–Crippen MR) is 43.9 cm³/mol. The number of ether oxygens (including phenoxy) is 1. The van der Waals surface area contributed by atoms with Crippen LogP contribution >= 0.6 is 0 Å². The lowest BCUT2D eigenvalue weighted by Crippen LogP contribution is -2.52. The van der Waals surface area contributed by atoms with Crippen molar-refractivity contribution in [1.82, 2.24) is 0 Å². The van der Waals surface area contributed by atoms with Crippen LogP contribution in [0.3, 0.4) is 0 Å². The molecule has 0 aromatic heterocycles. The second-order valence-electron chi connectivity index (χ2n) is 4.10. The number of hydrogen-bond acceptors (Lipinski definition) is 2. The number of methoxy groups -OCH3 is 1. The third kappa shape index (κ3) is 2.27. The van der Waals surface area contributed by atoms with E-state index in [1.807, 2.05) is 6.92 Å². The van der Waals surface area contributed by atoms with Gasteiger partial charge in [0.05, 0.1) is 6.61 Å². The summed E-state index contributed by atoms with van der Waals surface area (Å²) in [5.41, 5.74) is 5.85. The van der Waals surface area contributed by atoms with Crippen LogP contribution in [0.5, 0.6) is 0 Å². The molecule has 0 aliphatic heterocycles. The summed E-state index contributed by atoms with van der Waals surface area (Å²) in [4.78, 5) is 0. The third-order valence-corrected chi connectivity index (χ3v) is 2.16. The van der Waals surface area contributed by atoms with Crippen molar-refractivity contribution in [3.63, 3.8) is 0 Å². The maximum absolute atomic E-state index is 5.98. The molecule has 0 aliphatic rings. The van der Waals surface area contributed by atoms with Crippen molar-refractivity contribution in [2.24, 2.45) is 11.1 Å². The Morgan fingerprint density at radius 1 is 1.20 bits per heavy atom. The molecule has 2 heteroatoms. The third-order valence-electron chi connectivity index (χ3n) is 2.16. The van der Waals surface area contributed by atoms with Crippen molar-refractivity contribution in [1.29, 1.82) is 0 Å². The smallest absolute Gasteiger partial charge is 0.0644 e. The summed E-state index contributed by atoms with van der Waals surface area (Å²) >= 11 is 0. The van der Waals surface area contributed by atoms with Crippen LogP contribution in [0.1, 0.15) is 27.7 Å². The van der Waals surface area contributed by atoms with Gasteiger partial charge in [0.15, 0.2) is 0 Å². The Bertz CT molecular complexity index is 102. The summed E-state index contributed by atoms with van der Waals surface area (Å²) in [7, 11) is 1.68. The van der Waals surface area contributed by atoms with Crippen LogP contribution < -0.4 is 5.73 Å². The van der Waals surface area contributed by atoms with Crippen LogP contribution in [-0.4, -0.2) is 19.3 Å². The van der Waals surface area contributed by atoms with Gasteiger partial charge < -0.3 is 10.5 Å². The summed E-state index contributed by atoms with van der Waals surface area (Å²) in [6, 6.07) is 0. The standard InChI is InChI=1S/C8H19NO/c1-7(2,3)8(4,9)6-10-5/h6,9H2,1-5H3. The molecule has 0 rings (SSSR count). The van der Waals surface area contributed by atoms with Crippen molar-refractivity contribution < 1.29 is 4.74 Å². The van der Waals surface area contributed by atoms with Gasteiger partial charge in [-0.1, -0.05) is 20.8 Å². The molecule has 0 amide bonds. The van der Waals surface area contributed by atoms with E-state index in [0.717, 1.165) is 0 Å². The summed E-state index contributed by atoms with van der Waals surface area (Å²) in [6.45, 7) is 8.97. The first-order chi connectivity index (χ1) is 4.31. The van der Waals surface area contributed by atoms with Crippen molar-refractivity contribution >= 4 is 0 Å². The van der Waals surface area contributed by atoms with Gasteiger partial charge in [0.1, 0.15) is 0 Å². The Balaban J connectivity index is 4.10. The first kappa shape index (κ1) is 9.92. The lowest BCUT2D eigenvalue weighted by Gasteiger charge is -2.37. The Kier molecular flexibility index (Phi) is 2.86. The zero-order valence-electron chi connectivity index (χ0n) is 7.69. The van der Waals surface area contributed by atoms with E-state index in [4.69, 9.17) is 10.5 Å². The minimum absolute atomic E-state index is 0.100. The van der Waals surface area contributed by atoms with Crippen molar-refractivity contribution in [3.8, 4) is 0 Å². The Morgan fingerprint density at radius 3 is 1.70 bits per heavy atom. The molecular formula is C8H19NO. The van der Waals surface area contributed by atoms with Gasteiger partial charge in [0, 0.05) is 12.6 Å². The largest absolute Gasteiger partial charge is 0.383 e. The number of nitrogens with two attached hydrogens (primary N) is 1. The minimum Gasteiger partial charge on any atom is -0.383 e. The fourth-order valence-corrected chi connectivity index (χ4v) is 0.516. The van der Waals surface area contributed by atoms with E-state index in [2.05, 4.69) is 20.8 Å². The highest BCUT2D eigenvalue weighted by Crippen LogP contribution is 2.27. The molecule has 0 fully saturated rings. The molecule has 1 atom stereocenters. The van der Waals surface area contributed by atoms with E-state index in [-0.39, 0.29) is 11.0 Å². The van der Waals surface area contributed by atoms with Crippen LogP contribution in [0.4, 0.5) is 0 Å². The zero-order valence-corrected chi connectivity index (χ0v) is 7.69. The summed E-state index contributed by atoms with van der Waals surface area (Å²) in [5.74, 6) is 0. The number of hydrogen-bond donors (Lipinski definition) is 1. The molecule has 0 spiro atoms. The molecular weight excluding hydrogens is 126 g/mol. The Labute approximate surface area is 63.7 Å². The minimum atomic E-state index is -0.234. The van der Waals surface area contributed by atoms with Crippen LogP contribution in [0.2, 0.25) is 0 Å². The van der Waals surface area contributed by atoms with Crippen molar-refractivity contribution in [2.75, 3.05) is 13.7 Å². The average Bonchev–Trinajstić information content (AvgIpc) is 1.61. The van der Waals surface area contributed by atoms with Crippen LogP contribution in [0.25, 0.3) is 0 Å². The molecule has 0 saturated heterocycles. The van der Waals surface area contributed by atoms with E-state index < -0.39 is 0 Å². The lowest BCUT2D eigenvalue weighted by atomic mass is 9.76. The molecule has 0 bridgehead atoms. The molecule has 0 aliphatic carbocycles. The summed E-state index contributed by atoms with van der Waals surface area (Å²) < 4.78 is 5.01. The van der Waals surface area contributed by atoms with Gasteiger partial charge in [-0.05, 0) is 12.3 Å². The molecule has 0 aromatic carbocycles. The van der Waals surface area contributed by atoms with E-state index in [9.17, 15) is 0 Å². The maximum atomic E-state index is 5.98. The monoisotopic (exact) mass is 145 g/mol. The quantitative estimate of drug-likeness (QED) is 0.637. The predicted octanol–water partition coefficient (Wildman–Crippen LogP) is 1.40. The van der Waals surface area contributed by atoms with Gasteiger partial charge in [-0.2, -0.15) is 0 Å². The fourth-order valence-electron chi connectivity index (χ4n) is 0.516. The Morgan fingerprint density at radius 2 is 1.60 bits per heavy atom. The van der Waals surface area contributed by atoms with Crippen molar-refractivity contribution in [2.45, 2.75) is 33.2 Å². The van der Waals surface area contributed by atoms with E-state index in [1.54, 1.807) is 7.11 Å². The van der Waals surface area contributed by atoms with Gasteiger partial charge in [0.25, 0.3) is 0 Å². The van der Waals surface area contributed by atoms with Crippen molar-refractivity contribution in [3.05, 3.63) is 0 Å². The second kappa shape index (κ2) is 2.89. The molecule has 0 heterocycles. The van der Waals surface area contributed by atoms with Gasteiger partial charge >= 0.3 is 0 Å². The second-order valence-corrected chi connectivity index (χ2v) is 4.10. The summed E-state index contributed by atoms with van der Waals surface area (Å²) in [5, 5.41) is 0. The molecule has 10 heavy (non-hydrogen) atoms. The first-order valence-electron chi connectivity index (χ1n) is 3.59. The lowest BCUT2D eigenvalue weighted by molar-refractivity contribution is 0.0747. The topological polar surface area (TPSA) is 35.2 Å². The highest BCUT2D eigenvalue weighted by molar-refractivity contribution is 4.90. The molecule has 1 unspecified atom stereocenters. The molecule has 62 valence electrons. The molecule has 0 aromatic rings. The normalized spacial score (nSPS) is 18.6. The fraction of sp³-hybridized carbons (Fsp3) is 1.00. The summed E-state index contributed by atoms with van der Waals surface area (Å²) in [6.07, 6.45) is 0. The van der Waals surface area contributed by atoms with Gasteiger partial charge in [0.2, 0.25) is 0 Å². The van der Waals surface area contributed by atoms with E-state index >= 15 is 0 Å². The molecule has 2 N–H and O–H groups in total. The van der Waals surface area contributed by atoms with E-state index in [0.29, 0.717) is 6.61 Å². The van der Waals surface area contributed by atoms with Gasteiger partial charge in [-0.25, -0.2) is 0 Å². The molecule has 0 radical (unpaired) electrons. The molecule has 0 saturated carbocycles. The van der Waals surface area contributed by atoms with Crippen LogP contribution in [0.15, 0.2) is 0 Å². The highest BCUT2D eigenvalue weighted by Gasteiger charge is 2.33. The van der Waals surface area contributed by atoms with Crippen LogP contribution in [0, 0.1) is 5.41 Å². The highest BCUT2D eigenvalue weighted by atomic mass is 16.5. The number of rotatable bonds is 2. The van der Waals surface area contributed by atoms with Crippen LogP contribution in [-0.2, 0) is 4.74 Å². The van der Waals surface area contributed by atoms with Gasteiger partial charge in [-0.3, -0.25) is 0 Å². The van der Waals surface area contributed by atoms with Gasteiger partial charge in [-0.15, -0.1) is 0 Å². The average molecular weight is 145 g/mol. The van der Waals surface area contributed by atoms with E-state index in [1.165, 1.54) is 0 Å².